The molecule has 0 radical (unpaired) electrons. The van der Waals surface area contributed by atoms with Crippen molar-refractivity contribution in [3.05, 3.63) is 84.2 Å². The summed E-state index contributed by atoms with van der Waals surface area (Å²) in [4.78, 5) is 13.3. The Bertz CT molecular complexity index is 1250. The van der Waals surface area contributed by atoms with Crippen LogP contribution in [0.25, 0.3) is 11.1 Å². The van der Waals surface area contributed by atoms with Crippen molar-refractivity contribution >= 4 is 16.2 Å². The number of hydrogen-bond donors (Lipinski definition) is 1. The van der Waals surface area contributed by atoms with E-state index in [1.54, 1.807) is 45.0 Å². The minimum Gasteiger partial charge on any atom is -0.444 e. The number of nitrogens with zero attached hydrogens (tertiary/aromatic N) is 1. The molecule has 0 aliphatic rings. The zero-order valence-electron chi connectivity index (χ0n) is 19.9. The van der Waals surface area contributed by atoms with Crippen LogP contribution in [0.4, 0.5) is 9.18 Å². The average Bonchev–Trinajstić information content (AvgIpc) is 2.78. The molecule has 3 aromatic carbocycles. The quantitative estimate of drug-likeness (QED) is 0.450. The third-order valence-corrected chi connectivity index (χ3v) is 6.20. The lowest BCUT2D eigenvalue weighted by Crippen LogP contribution is -2.36. The van der Waals surface area contributed by atoms with Crippen LogP contribution >= 0.6 is 0 Å². The van der Waals surface area contributed by atoms with Crippen LogP contribution in [0, 0.1) is 5.82 Å². The lowest BCUT2D eigenvalue weighted by atomic mass is 10.1. The van der Waals surface area contributed by atoms with Gasteiger partial charge in [0.2, 0.25) is 0 Å². The standard InChI is InChI=1S/C26H28FNO6S/c1-26(2,3)33-25(30)28(4)17-24(29)20-7-13-22(14-8-20)34-35(31,32)23-15-9-19(10-16-23)18-5-11-21(27)12-6-18/h5-16,24,29H,17H2,1-4H3. The molecule has 0 bridgehead atoms. The number of carbonyl (C=O) groups excluding carboxylic acids is 1. The van der Waals surface area contributed by atoms with Crippen LogP contribution in [0.1, 0.15) is 32.4 Å². The van der Waals surface area contributed by atoms with Gasteiger partial charge in [-0.05, 0) is 73.9 Å². The van der Waals surface area contributed by atoms with E-state index < -0.39 is 27.9 Å². The molecule has 1 unspecified atom stereocenters. The Kier molecular flexibility index (Phi) is 7.82. The van der Waals surface area contributed by atoms with E-state index in [0.717, 1.165) is 11.1 Å². The number of hydrogen-bond acceptors (Lipinski definition) is 6. The molecule has 0 aliphatic carbocycles. The summed E-state index contributed by atoms with van der Waals surface area (Å²) < 4.78 is 48.9. The van der Waals surface area contributed by atoms with Gasteiger partial charge in [0.15, 0.2) is 0 Å². The van der Waals surface area contributed by atoms with Crippen LogP contribution in [-0.2, 0) is 14.9 Å². The first kappa shape index (κ1) is 26.2. The number of ether oxygens (including phenoxy) is 1. The predicted molar refractivity (Wildman–Crippen MR) is 130 cm³/mol. The molecule has 0 saturated heterocycles. The lowest BCUT2D eigenvalue weighted by Gasteiger charge is -2.26. The Balaban J connectivity index is 1.64. The summed E-state index contributed by atoms with van der Waals surface area (Å²) in [6.07, 6.45) is -1.56. The van der Waals surface area contributed by atoms with E-state index in [4.69, 9.17) is 8.92 Å². The number of amides is 1. The van der Waals surface area contributed by atoms with Crippen molar-refractivity contribution in [3.63, 3.8) is 0 Å². The second kappa shape index (κ2) is 10.5. The number of likely N-dealkylation sites (N-methyl/N-ethyl adjacent to an activating group) is 1. The minimum absolute atomic E-state index is 0.00613. The molecule has 1 amide bonds. The second-order valence-electron chi connectivity index (χ2n) is 9.01. The van der Waals surface area contributed by atoms with Gasteiger partial charge < -0.3 is 18.9 Å². The molecule has 1 atom stereocenters. The Hall–Kier alpha value is -3.43. The maximum absolute atomic E-state index is 13.1. The summed E-state index contributed by atoms with van der Waals surface area (Å²) in [6, 6.07) is 17.8. The van der Waals surface area contributed by atoms with Gasteiger partial charge in [-0.1, -0.05) is 36.4 Å². The molecule has 0 aliphatic heterocycles. The van der Waals surface area contributed by atoms with Crippen molar-refractivity contribution in [2.24, 2.45) is 0 Å². The van der Waals surface area contributed by atoms with E-state index in [2.05, 4.69) is 0 Å². The molecular formula is C26H28FNO6S. The fourth-order valence-corrected chi connectivity index (χ4v) is 4.09. The van der Waals surface area contributed by atoms with Crippen LogP contribution < -0.4 is 4.18 Å². The molecule has 7 nitrogen and oxygen atoms in total. The molecule has 3 aromatic rings. The normalized spacial score (nSPS) is 12.6. The Morgan fingerprint density at radius 3 is 1.97 bits per heavy atom. The van der Waals surface area contributed by atoms with Gasteiger partial charge in [-0.25, -0.2) is 9.18 Å². The van der Waals surface area contributed by atoms with Gasteiger partial charge in [0.05, 0.1) is 12.6 Å². The topological polar surface area (TPSA) is 93.1 Å². The molecule has 1 N–H and O–H groups in total. The van der Waals surface area contributed by atoms with Crippen molar-refractivity contribution in [3.8, 4) is 16.9 Å². The fraction of sp³-hybridized carbons (Fsp3) is 0.269. The summed E-state index contributed by atoms with van der Waals surface area (Å²) in [7, 11) is -2.58. The number of halogens is 1. The highest BCUT2D eigenvalue weighted by atomic mass is 32.2. The third-order valence-electron chi connectivity index (χ3n) is 4.94. The van der Waals surface area contributed by atoms with Gasteiger partial charge in [0.1, 0.15) is 22.1 Å². The number of carbonyl (C=O) groups is 1. The monoisotopic (exact) mass is 501 g/mol. The van der Waals surface area contributed by atoms with Gasteiger partial charge in [0, 0.05) is 7.05 Å². The number of benzene rings is 3. The molecule has 35 heavy (non-hydrogen) atoms. The van der Waals surface area contributed by atoms with Crippen molar-refractivity contribution in [1.82, 2.24) is 4.90 Å². The largest absolute Gasteiger partial charge is 0.444 e. The summed E-state index contributed by atoms with van der Waals surface area (Å²) >= 11 is 0. The van der Waals surface area contributed by atoms with Gasteiger partial charge in [-0.3, -0.25) is 0 Å². The maximum atomic E-state index is 13.1. The van der Waals surface area contributed by atoms with E-state index in [9.17, 15) is 22.7 Å². The molecule has 9 heteroatoms. The summed E-state index contributed by atoms with van der Waals surface area (Å²) in [6.45, 7) is 5.25. The van der Waals surface area contributed by atoms with E-state index in [1.807, 2.05) is 0 Å². The first-order valence-corrected chi connectivity index (χ1v) is 12.3. The van der Waals surface area contributed by atoms with Gasteiger partial charge in [-0.15, -0.1) is 0 Å². The summed E-state index contributed by atoms with van der Waals surface area (Å²) in [5.41, 5.74) is 1.32. The Morgan fingerprint density at radius 2 is 1.46 bits per heavy atom. The molecule has 0 heterocycles. The molecular weight excluding hydrogens is 473 g/mol. The van der Waals surface area contributed by atoms with Crippen molar-refractivity contribution in [2.75, 3.05) is 13.6 Å². The van der Waals surface area contributed by atoms with Crippen LogP contribution in [0.3, 0.4) is 0 Å². The Morgan fingerprint density at radius 1 is 0.943 bits per heavy atom. The lowest BCUT2D eigenvalue weighted by molar-refractivity contribution is 0.0205. The smallest absolute Gasteiger partial charge is 0.410 e. The summed E-state index contributed by atoms with van der Waals surface area (Å²) in [5.74, 6) is -0.279. The Labute approximate surface area is 204 Å². The van der Waals surface area contributed by atoms with Crippen LogP contribution in [-0.4, -0.2) is 43.7 Å². The highest BCUT2D eigenvalue weighted by Crippen LogP contribution is 2.25. The fourth-order valence-electron chi connectivity index (χ4n) is 3.16. The minimum atomic E-state index is -4.09. The van der Waals surface area contributed by atoms with Crippen LogP contribution in [0.5, 0.6) is 5.75 Å². The van der Waals surface area contributed by atoms with E-state index >= 15 is 0 Å². The molecule has 3 rings (SSSR count). The van der Waals surface area contributed by atoms with Gasteiger partial charge in [-0.2, -0.15) is 8.42 Å². The molecule has 186 valence electrons. The zero-order chi connectivity index (χ0) is 25.8. The number of rotatable bonds is 7. The highest BCUT2D eigenvalue weighted by molar-refractivity contribution is 7.87. The van der Waals surface area contributed by atoms with Crippen molar-refractivity contribution in [2.45, 2.75) is 37.4 Å². The molecule has 0 spiro atoms. The van der Waals surface area contributed by atoms with E-state index in [1.165, 1.54) is 60.5 Å². The third kappa shape index (κ3) is 7.27. The first-order valence-electron chi connectivity index (χ1n) is 10.9. The van der Waals surface area contributed by atoms with Crippen molar-refractivity contribution < 1.29 is 31.6 Å². The SMILES string of the molecule is CN(CC(O)c1ccc(OS(=O)(=O)c2ccc(-c3ccc(F)cc3)cc2)cc1)C(=O)OC(C)(C)C. The number of aliphatic hydroxyl groups is 1. The summed E-state index contributed by atoms with van der Waals surface area (Å²) in [5, 5.41) is 10.4. The molecule has 0 saturated carbocycles. The first-order chi connectivity index (χ1) is 16.3. The molecule has 0 fully saturated rings. The van der Waals surface area contributed by atoms with E-state index in [0.29, 0.717) is 5.56 Å². The van der Waals surface area contributed by atoms with Crippen LogP contribution in [0.15, 0.2) is 77.7 Å². The van der Waals surface area contributed by atoms with E-state index in [-0.39, 0.29) is 23.0 Å². The van der Waals surface area contributed by atoms with Crippen molar-refractivity contribution in [1.29, 1.82) is 0 Å². The predicted octanol–water partition coefficient (Wildman–Crippen LogP) is 5.16. The maximum Gasteiger partial charge on any atom is 0.410 e. The van der Waals surface area contributed by atoms with Gasteiger partial charge in [0.25, 0.3) is 0 Å². The highest BCUT2D eigenvalue weighted by Gasteiger charge is 2.22. The van der Waals surface area contributed by atoms with Crippen LogP contribution in [0.2, 0.25) is 0 Å². The van der Waals surface area contributed by atoms with Gasteiger partial charge >= 0.3 is 16.2 Å². The zero-order valence-corrected chi connectivity index (χ0v) is 20.8. The number of aliphatic hydroxyl groups excluding tert-OH is 1. The molecule has 0 aromatic heterocycles. The average molecular weight is 502 g/mol. The second-order valence-corrected chi connectivity index (χ2v) is 10.6.